The van der Waals surface area contributed by atoms with Gasteiger partial charge >= 0.3 is 0 Å². The predicted molar refractivity (Wildman–Crippen MR) is 75.8 cm³/mol. The van der Waals surface area contributed by atoms with Gasteiger partial charge in [0.25, 0.3) is 10.0 Å². The van der Waals surface area contributed by atoms with Crippen LogP contribution in [-0.4, -0.2) is 8.42 Å². The number of rotatable bonds is 3. The minimum absolute atomic E-state index is 0.174. The molecule has 0 radical (unpaired) electrons. The standard InChI is InChI=1S/C12H11BrN2O2S/c13-11-3-1-2-4-12(11)15-18(16,17)10-7-5-9(14)6-8-10/h1-8,15H,14H2. The summed E-state index contributed by atoms with van der Waals surface area (Å²) in [5.41, 5.74) is 6.54. The second-order valence-electron chi connectivity index (χ2n) is 3.65. The number of hydrogen-bond acceptors (Lipinski definition) is 3. The number of hydrogen-bond donors (Lipinski definition) is 2. The molecule has 0 aromatic heterocycles. The van der Waals surface area contributed by atoms with E-state index in [1.807, 2.05) is 6.07 Å². The maximum atomic E-state index is 12.1. The van der Waals surface area contributed by atoms with Crippen LogP contribution in [0.5, 0.6) is 0 Å². The van der Waals surface area contributed by atoms with E-state index in [0.717, 1.165) is 0 Å². The Morgan fingerprint density at radius 3 is 2.22 bits per heavy atom. The van der Waals surface area contributed by atoms with E-state index in [0.29, 0.717) is 15.8 Å². The summed E-state index contributed by atoms with van der Waals surface area (Å²) in [4.78, 5) is 0.174. The lowest BCUT2D eigenvalue weighted by Crippen LogP contribution is -2.13. The Bertz CT molecular complexity index is 654. The third-order valence-electron chi connectivity index (χ3n) is 2.31. The highest BCUT2D eigenvalue weighted by Crippen LogP contribution is 2.24. The third kappa shape index (κ3) is 2.83. The zero-order valence-electron chi connectivity index (χ0n) is 9.30. The molecule has 0 saturated carbocycles. The Hall–Kier alpha value is -1.53. The van der Waals surface area contributed by atoms with Gasteiger partial charge in [0.05, 0.1) is 10.6 Å². The maximum Gasteiger partial charge on any atom is 0.261 e. The van der Waals surface area contributed by atoms with Gasteiger partial charge in [-0.3, -0.25) is 4.72 Å². The Morgan fingerprint density at radius 2 is 1.61 bits per heavy atom. The fraction of sp³-hybridized carbons (Fsp3) is 0. The normalized spacial score (nSPS) is 11.2. The van der Waals surface area contributed by atoms with E-state index in [2.05, 4.69) is 20.7 Å². The fourth-order valence-corrected chi connectivity index (χ4v) is 2.99. The van der Waals surface area contributed by atoms with Crippen LogP contribution < -0.4 is 10.5 Å². The smallest absolute Gasteiger partial charge is 0.261 e. The van der Waals surface area contributed by atoms with E-state index in [9.17, 15) is 8.42 Å². The summed E-state index contributed by atoms with van der Waals surface area (Å²) >= 11 is 3.29. The number of nitrogens with two attached hydrogens (primary N) is 1. The summed E-state index contributed by atoms with van der Waals surface area (Å²) in [5.74, 6) is 0. The van der Waals surface area contributed by atoms with Crippen LogP contribution in [0.25, 0.3) is 0 Å². The molecule has 0 fully saturated rings. The molecular formula is C12H11BrN2O2S. The maximum absolute atomic E-state index is 12.1. The average Bonchev–Trinajstić information content (AvgIpc) is 2.32. The fourth-order valence-electron chi connectivity index (χ4n) is 1.39. The van der Waals surface area contributed by atoms with Crippen molar-refractivity contribution in [2.45, 2.75) is 4.90 Å². The minimum atomic E-state index is -3.59. The minimum Gasteiger partial charge on any atom is -0.399 e. The molecule has 6 heteroatoms. The van der Waals surface area contributed by atoms with Crippen LogP contribution in [0.3, 0.4) is 0 Å². The largest absolute Gasteiger partial charge is 0.399 e. The molecule has 4 nitrogen and oxygen atoms in total. The van der Waals surface area contributed by atoms with E-state index in [-0.39, 0.29) is 4.90 Å². The Kier molecular flexibility index (Phi) is 3.58. The molecule has 0 spiro atoms. The predicted octanol–water partition coefficient (Wildman–Crippen LogP) is 2.83. The Morgan fingerprint density at radius 1 is 1.00 bits per heavy atom. The van der Waals surface area contributed by atoms with Gasteiger partial charge < -0.3 is 5.73 Å². The zero-order valence-corrected chi connectivity index (χ0v) is 11.7. The van der Waals surface area contributed by atoms with E-state index in [4.69, 9.17) is 5.73 Å². The summed E-state index contributed by atoms with van der Waals surface area (Å²) in [6, 6.07) is 13.0. The van der Waals surface area contributed by atoms with Gasteiger partial charge in [0, 0.05) is 10.2 Å². The first-order chi connectivity index (χ1) is 8.49. The highest BCUT2D eigenvalue weighted by atomic mass is 79.9. The Balaban J connectivity index is 2.33. The highest BCUT2D eigenvalue weighted by molar-refractivity contribution is 9.10. The molecule has 2 aromatic carbocycles. The van der Waals surface area contributed by atoms with Crippen molar-refractivity contribution in [2.24, 2.45) is 0 Å². The first-order valence-electron chi connectivity index (χ1n) is 5.12. The van der Waals surface area contributed by atoms with Crippen LogP contribution in [0.15, 0.2) is 57.9 Å². The summed E-state index contributed by atoms with van der Waals surface area (Å²) in [5, 5.41) is 0. The average molecular weight is 327 g/mol. The van der Waals surface area contributed by atoms with Crippen LogP contribution in [0.1, 0.15) is 0 Å². The van der Waals surface area contributed by atoms with E-state index in [1.165, 1.54) is 12.1 Å². The number of nitrogen functional groups attached to an aromatic ring is 1. The number of sulfonamides is 1. The van der Waals surface area contributed by atoms with Gasteiger partial charge in [0.15, 0.2) is 0 Å². The van der Waals surface area contributed by atoms with Crippen molar-refractivity contribution >= 4 is 37.3 Å². The van der Waals surface area contributed by atoms with Crippen LogP contribution in [0.4, 0.5) is 11.4 Å². The zero-order chi connectivity index (χ0) is 13.2. The molecule has 0 aliphatic carbocycles. The molecule has 0 unspecified atom stereocenters. The van der Waals surface area contributed by atoms with Gasteiger partial charge in [-0.2, -0.15) is 0 Å². The summed E-state index contributed by atoms with van der Waals surface area (Å²) in [6.07, 6.45) is 0. The van der Waals surface area contributed by atoms with Crippen molar-refractivity contribution in [2.75, 3.05) is 10.5 Å². The van der Waals surface area contributed by atoms with Crippen molar-refractivity contribution in [1.82, 2.24) is 0 Å². The monoisotopic (exact) mass is 326 g/mol. The number of halogens is 1. The van der Waals surface area contributed by atoms with Gasteiger partial charge in [0.2, 0.25) is 0 Å². The number of benzene rings is 2. The molecule has 0 aliphatic rings. The van der Waals surface area contributed by atoms with Crippen molar-refractivity contribution in [3.63, 3.8) is 0 Å². The molecule has 0 saturated heterocycles. The van der Waals surface area contributed by atoms with Crippen LogP contribution in [0.2, 0.25) is 0 Å². The van der Waals surface area contributed by atoms with Crippen LogP contribution >= 0.6 is 15.9 Å². The SMILES string of the molecule is Nc1ccc(S(=O)(=O)Nc2ccccc2Br)cc1. The third-order valence-corrected chi connectivity index (χ3v) is 4.38. The van der Waals surface area contributed by atoms with Crippen molar-refractivity contribution in [3.05, 3.63) is 53.0 Å². The lowest BCUT2D eigenvalue weighted by molar-refractivity contribution is 0.601. The molecule has 0 atom stereocenters. The molecule has 94 valence electrons. The first-order valence-corrected chi connectivity index (χ1v) is 7.39. The summed E-state index contributed by atoms with van der Waals surface area (Å²) < 4.78 is 27.4. The first kappa shape index (κ1) is 12.9. The molecule has 3 N–H and O–H groups in total. The van der Waals surface area contributed by atoms with E-state index >= 15 is 0 Å². The van der Waals surface area contributed by atoms with E-state index < -0.39 is 10.0 Å². The topological polar surface area (TPSA) is 72.2 Å². The summed E-state index contributed by atoms with van der Waals surface area (Å²) in [6.45, 7) is 0. The molecule has 2 aromatic rings. The quantitative estimate of drug-likeness (QED) is 0.852. The molecule has 0 bridgehead atoms. The van der Waals surface area contributed by atoms with Crippen molar-refractivity contribution in [1.29, 1.82) is 0 Å². The second-order valence-corrected chi connectivity index (χ2v) is 6.19. The summed E-state index contributed by atoms with van der Waals surface area (Å²) in [7, 11) is -3.59. The number of nitrogens with one attached hydrogen (secondary N) is 1. The molecule has 0 heterocycles. The molecule has 2 rings (SSSR count). The lowest BCUT2D eigenvalue weighted by atomic mass is 10.3. The van der Waals surface area contributed by atoms with E-state index in [1.54, 1.807) is 30.3 Å². The van der Waals surface area contributed by atoms with Gasteiger partial charge in [-0.05, 0) is 52.3 Å². The van der Waals surface area contributed by atoms with Crippen LogP contribution in [0, 0.1) is 0 Å². The van der Waals surface area contributed by atoms with Crippen LogP contribution in [-0.2, 0) is 10.0 Å². The number of para-hydroxylation sites is 1. The highest BCUT2D eigenvalue weighted by Gasteiger charge is 2.14. The molecule has 0 amide bonds. The second kappa shape index (κ2) is 4.99. The van der Waals surface area contributed by atoms with Gasteiger partial charge in [0.1, 0.15) is 0 Å². The van der Waals surface area contributed by atoms with Crippen molar-refractivity contribution in [3.8, 4) is 0 Å². The molecular weight excluding hydrogens is 316 g/mol. The van der Waals surface area contributed by atoms with Gasteiger partial charge in [-0.15, -0.1) is 0 Å². The van der Waals surface area contributed by atoms with Gasteiger partial charge in [-0.1, -0.05) is 12.1 Å². The van der Waals surface area contributed by atoms with Crippen molar-refractivity contribution < 1.29 is 8.42 Å². The van der Waals surface area contributed by atoms with Gasteiger partial charge in [-0.25, -0.2) is 8.42 Å². The molecule has 18 heavy (non-hydrogen) atoms. The number of anilines is 2. The Labute approximate surface area is 114 Å². The molecule has 0 aliphatic heterocycles. The lowest BCUT2D eigenvalue weighted by Gasteiger charge is -2.09.